The fourth-order valence-corrected chi connectivity index (χ4v) is 3.24. The highest BCUT2D eigenvalue weighted by molar-refractivity contribution is 7.09. The number of aromatic amines is 1. The Morgan fingerprint density at radius 1 is 1.29 bits per heavy atom. The lowest BCUT2D eigenvalue weighted by Crippen LogP contribution is -2.21. The van der Waals surface area contributed by atoms with Crippen LogP contribution in [0.2, 0.25) is 0 Å². The number of H-pyrrole nitrogens is 1. The Kier molecular flexibility index (Phi) is 5.20. The average Bonchev–Trinajstić information content (AvgIpc) is 2.85. The Bertz CT molecular complexity index is 657. The van der Waals surface area contributed by atoms with Crippen LogP contribution in [0.15, 0.2) is 23.0 Å². The molecule has 0 amide bonds. The van der Waals surface area contributed by atoms with Gasteiger partial charge in [-0.2, -0.15) is 0 Å². The van der Waals surface area contributed by atoms with Crippen molar-refractivity contribution in [3.8, 4) is 17.0 Å². The van der Waals surface area contributed by atoms with E-state index in [9.17, 15) is 4.79 Å². The van der Waals surface area contributed by atoms with E-state index < -0.39 is 0 Å². The molecule has 0 aliphatic heterocycles. The van der Waals surface area contributed by atoms with E-state index in [1.165, 1.54) is 11.3 Å². The lowest BCUT2D eigenvalue weighted by atomic mass is 10.1. The van der Waals surface area contributed by atoms with Gasteiger partial charge in [0.05, 0.1) is 12.8 Å². The van der Waals surface area contributed by atoms with E-state index in [0.717, 1.165) is 47.1 Å². The molecule has 0 bridgehead atoms. The molecule has 0 aliphatic rings. The first-order valence-electron chi connectivity index (χ1n) is 7.18. The zero-order valence-corrected chi connectivity index (χ0v) is 13.8. The highest BCUT2D eigenvalue weighted by atomic mass is 32.1. The van der Waals surface area contributed by atoms with Crippen LogP contribution in [0.25, 0.3) is 11.3 Å². The lowest BCUT2D eigenvalue weighted by Gasteiger charge is -2.18. The van der Waals surface area contributed by atoms with Crippen molar-refractivity contribution in [3.05, 3.63) is 38.3 Å². The van der Waals surface area contributed by atoms with E-state index in [2.05, 4.69) is 29.8 Å². The molecule has 1 N–H and O–H groups in total. The summed E-state index contributed by atoms with van der Waals surface area (Å²) in [7, 11) is 1.66. The number of ether oxygens (including phenoxy) is 1. The van der Waals surface area contributed by atoms with Gasteiger partial charge in [0.1, 0.15) is 5.75 Å². The minimum absolute atomic E-state index is 0.0179. The first-order chi connectivity index (χ1) is 10.1. The van der Waals surface area contributed by atoms with Crippen molar-refractivity contribution in [2.45, 2.75) is 27.3 Å². The van der Waals surface area contributed by atoms with E-state index in [1.807, 2.05) is 19.1 Å². The molecular formula is C16H22N2O2S. The molecule has 21 heavy (non-hydrogen) atoms. The number of benzene rings is 1. The van der Waals surface area contributed by atoms with Gasteiger partial charge >= 0.3 is 4.87 Å². The van der Waals surface area contributed by atoms with E-state index >= 15 is 0 Å². The maximum Gasteiger partial charge on any atom is 0.305 e. The van der Waals surface area contributed by atoms with Crippen molar-refractivity contribution in [2.24, 2.45) is 0 Å². The van der Waals surface area contributed by atoms with Crippen LogP contribution in [0.3, 0.4) is 0 Å². The van der Waals surface area contributed by atoms with Crippen molar-refractivity contribution >= 4 is 11.3 Å². The van der Waals surface area contributed by atoms with E-state index in [0.29, 0.717) is 0 Å². The summed E-state index contributed by atoms with van der Waals surface area (Å²) in [4.78, 5) is 18.1. The van der Waals surface area contributed by atoms with Gasteiger partial charge in [0.15, 0.2) is 0 Å². The van der Waals surface area contributed by atoms with Crippen LogP contribution < -0.4 is 9.61 Å². The monoisotopic (exact) mass is 306 g/mol. The summed E-state index contributed by atoms with van der Waals surface area (Å²) in [6.07, 6.45) is 0. The molecule has 0 atom stereocenters. The van der Waals surface area contributed by atoms with Gasteiger partial charge in [0, 0.05) is 17.0 Å². The number of thiazole rings is 1. The maximum absolute atomic E-state index is 11.8. The molecule has 0 fully saturated rings. The summed E-state index contributed by atoms with van der Waals surface area (Å²) in [5.41, 5.74) is 2.99. The van der Waals surface area contributed by atoms with Crippen LogP contribution in [0.5, 0.6) is 5.75 Å². The number of rotatable bonds is 6. The van der Waals surface area contributed by atoms with E-state index in [-0.39, 0.29) is 4.87 Å². The molecule has 1 aromatic heterocycles. The molecule has 0 radical (unpaired) electrons. The highest BCUT2D eigenvalue weighted by Gasteiger charge is 2.16. The normalized spacial score (nSPS) is 11.1. The number of hydrogen-bond donors (Lipinski definition) is 1. The predicted molar refractivity (Wildman–Crippen MR) is 88.3 cm³/mol. The second-order valence-corrected chi connectivity index (χ2v) is 6.05. The zero-order valence-electron chi connectivity index (χ0n) is 13.0. The number of methoxy groups -OCH3 is 1. The van der Waals surface area contributed by atoms with Gasteiger partial charge in [-0.05, 0) is 32.1 Å². The summed E-state index contributed by atoms with van der Waals surface area (Å²) in [6, 6.07) is 6.02. The molecule has 0 unspecified atom stereocenters. The van der Waals surface area contributed by atoms with Gasteiger partial charge in [0.25, 0.3) is 0 Å². The minimum Gasteiger partial charge on any atom is -0.496 e. The number of nitrogens with zero attached hydrogens (tertiary/aromatic N) is 1. The summed E-state index contributed by atoms with van der Waals surface area (Å²) < 4.78 is 5.45. The van der Waals surface area contributed by atoms with E-state index in [1.54, 1.807) is 7.11 Å². The molecule has 4 nitrogen and oxygen atoms in total. The highest BCUT2D eigenvalue weighted by Crippen LogP contribution is 2.33. The molecule has 0 spiro atoms. The first-order valence-corrected chi connectivity index (χ1v) is 8.00. The molecule has 1 aromatic carbocycles. The van der Waals surface area contributed by atoms with Gasteiger partial charge in [-0.15, -0.1) is 0 Å². The number of nitrogens with one attached hydrogen (secondary N) is 1. The Morgan fingerprint density at radius 3 is 2.62 bits per heavy atom. The molecule has 0 aliphatic carbocycles. The molecule has 0 saturated carbocycles. The summed E-state index contributed by atoms with van der Waals surface area (Å²) in [5.74, 6) is 0.787. The van der Waals surface area contributed by atoms with Crippen molar-refractivity contribution in [3.63, 3.8) is 0 Å². The van der Waals surface area contributed by atoms with Gasteiger partial charge in [-0.3, -0.25) is 9.69 Å². The van der Waals surface area contributed by atoms with Gasteiger partial charge in [-0.1, -0.05) is 36.8 Å². The van der Waals surface area contributed by atoms with Gasteiger partial charge in [0.2, 0.25) is 0 Å². The van der Waals surface area contributed by atoms with Crippen LogP contribution in [0, 0.1) is 6.92 Å². The lowest BCUT2D eigenvalue weighted by molar-refractivity contribution is 0.298. The van der Waals surface area contributed by atoms with Crippen LogP contribution in [-0.2, 0) is 6.54 Å². The summed E-state index contributed by atoms with van der Waals surface area (Å²) in [5, 5.41) is 0. The second-order valence-electron chi connectivity index (χ2n) is 4.98. The molecule has 114 valence electrons. The number of aryl methyl sites for hydroxylation is 1. The third-order valence-electron chi connectivity index (χ3n) is 3.61. The molecular weight excluding hydrogens is 284 g/mol. The Hall–Kier alpha value is -1.59. The predicted octanol–water partition coefficient (Wildman–Crippen LogP) is 3.26. The molecule has 1 heterocycles. The molecule has 5 heteroatoms. The second kappa shape index (κ2) is 6.91. The minimum atomic E-state index is -0.0179. The maximum atomic E-state index is 11.8. The van der Waals surface area contributed by atoms with Crippen molar-refractivity contribution in [1.29, 1.82) is 0 Å². The fourth-order valence-electron chi connectivity index (χ4n) is 2.36. The first kappa shape index (κ1) is 15.8. The number of aromatic nitrogens is 1. The topological polar surface area (TPSA) is 45.3 Å². The Labute approximate surface area is 129 Å². The Balaban J connectivity index is 2.49. The molecule has 0 saturated heterocycles. The van der Waals surface area contributed by atoms with Crippen molar-refractivity contribution in [1.82, 2.24) is 9.88 Å². The standard InChI is InChI=1S/C16H22N2O2S/c1-5-18(6-2)10-14-15(17-16(19)21-14)12-9-11(3)7-8-13(12)20-4/h7-9H,5-6,10H2,1-4H3,(H,17,19). The van der Waals surface area contributed by atoms with Crippen molar-refractivity contribution in [2.75, 3.05) is 20.2 Å². The summed E-state index contributed by atoms with van der Waals surface area (Å²) in [6.45, 7) is 9.01. The van der Waals surface area contributed by atoms with Gasteiger partial charge < -0.3 is 9.72 Å². The smallest absolute Gasteiger partial charge is 0.305 e. The third kappa shape index (κ3) is 3.54. The largest absolute Gasteiger partial charge is 0.496 e. The van der Waals surface area contributed by atoms with E-state index in [4.69, 9.17) is 4.74 Å². The van der Waals surface area contributed by atoms with Crippen molar-refractivity contribution < 1.29 is 4.74 Å². The SMILES string of the molecule is CCN(CC)Cc1sc(=O)[nH]c1-c1cc(C)ccc1OC. The van der Waals surface area contributed by atoms with Crippen LogP contribution in [0.4, 0.5) is 0 Å². The van der Waals surface area contributed by atoms with Gasteiger partial charge in [-0.25, -0.2) is 0 Å². The van der Waals surface area contributed by atoms with Crippen LogP contribution >= 0.6 is 11.3 Å². The summed E-state index contributed by atoms with van der Waals surface area (Å²) >= 11 is 1.28. The third-order valence-corrected chi connectivity index (χ3v) is 4.47. The van der Waals surface area contributed by atoms with Crippen LogP contribution in [-0.4, -0.2) is 30.1 Å². The average molecular weight is 306 g/mol. The van der Waals surface area contributed by atoms with Crippen LogP contribution in [0.1, 0.15) is 24.3 Å². The quantitative estimate of drug-likeness (QED) is 0.891. The molecule has 2 rings (SSSR count). The fraction of sp³-hybridized carbons (Fsp3) is 0.438. The number of hydrogen-bond acceptors (Lipinski definition) is 4. The molecule has 2 aromatic rings. The zero-order chi connectivity index (χ0) is 15.4. The Morgan fingerprint density at radius 2 is 2.00 bits per heavy atom.